The van der Waals surface area contributed by atoms with Crippen LogP contribution in [-0.4, -0.2) is 29.4 Å². The fourth-order valence-electron chi connectivity index (χ4n) is 3.31. The van der Waals surface area contributed by atoms with Crippen LogP contribution in [0.15, 0.2) is 18.2 Å². The van der Waals surface area contributed by atoms with Gasteiger partial charge in [-0.1, -0.05) is 25.7 Å². The van der Waals surface area contributed by atoms with Crippen molar-refractivity contribution in [3.05, 3.63) is 35.0 Å². The number of hydrogen-bond acceptors (Lipinski definition) is 3. The van der Waals surface area contributed by atoms with Crippen molar-refractivity contribution in [1.82, 2.24) is 9.78 Å². The number of nitriles is 1. The lowest BCUT2D eigenvalue weighted by Crippen LogP contribution is -2.41. The van der Waals surface area contributed by atoms with E-state index in [1.807, 2.05) is 23.9 Å². The van der Waals surface area contributed by atoms with Gasteiger partial charge in [0, 0.05) is 22.9 Å². The van der Waals surface area contributed by atoms with Crippen LogP contribution in [0.25, 0.3) is 11.1 Å². The molecule has 1 atom stereocenters. The highest BCUT2D eigenvalue weighted by Crippen LogP contribution is 2.34. The number of thioether (sulfide) groups is 1. The molecule has 0 spiro atoms. The Kier molecular flexibility index (Phi) is 4.15. The third kappa shape index (κ3) is 2.86. The molecule has 0 aliphatic carbocycles. The van der Waals surface area contributed by atoms with E-state index in [0.717, 1.165) is 18.5 Å². The number of rotatable bonds is 3. The summed E-state index contributed by atoms with van der Waals surface area (Å²) in [6.07, 6.45) is 3.27. The Morgan fingerprint density at radius 1 is 1.35 bits per heavy atom. The van der Waals surface area contributed by atoms with Crippen LogP contribution in [0.4, 0.5) is 0 Å². The van der Waals surface area contributed by atoms with Crippen LogP contribution in [-0.2, 0) is 13.0 Å². The Hall–Kier alpha value is -1.51. The molecule has 0 saturated carbocycles. The van der Waals surface area contributed by atoms with Crippen LogP contribution in [0.5, 0.6) is 0 Å². The van der Waals surface area contributed by atoms with Crippen molar-refractivity contribution in [2.45, 2.75) is 44.8 Å². The highest BCUT2D eigenvalue weighted by molar-refractivity contribution is 7.99. The summed E-state index contributed by atoms with van der Waals surface area (Å²) in [5, 5.41) is 16.1. The second kappa shape index (κ2) is 5.84. The molecule has 120 valence electrons. The number of nitrogens with zero attached hydrogens (tertiary/aromatic N) is 3. The molecule has 1 aliphatic rings. The van der Waals surface area contributed by atoms with Gasteiger partial charge in [-0.2, -0.15) is 22.1 Å². The second-order valence-electron chi connectivity index (χ2n) is 7.31. The average molecular weight is 342 g/mol. The van der Waals surface area contributed by atoms with Crippen molar-refractivity contribution in [3.8, 4) is 17.2 Å². The smallest absolute Gasteiger partial charge is 0.104 e. The summed E-state index contributed by atoms with van der Waals surface area (Å²) in [5.74, 6) is 0. The van der Waals surface area contributed by atoms with E-state index in [1.165, 1.54) is 27.7 Å². The van der Waals surface area contributed by atoms with E-state index < -0.39 is 8.07 Å². The molecule has 5 heteroatoms. The number of aryl methyl sites for hydroxylation is 1. The van der Waals surface area contributed by atoms with Crippen molar-refractivity contribution in [2.75, 3.05) is 6.26 Å². The van der Waals surface area contributed by atoms with Gasteiger partial charge in [-0.3, -0.25) is 4.68 Å². The first-order valence-corrected chi connectivity index (χ1v) is 12.8. The summed E-state index contributed by atoms with van der Waals surface area (Å²) in [5.41, 5.74) is 5.89. The van der Waals surface area contributed by atoms with Crippen LogP contribution in [0.2, 0.25) is 19.6 Å². The molecule has 0 fully saturated rings. The summed E-state index contributed by atoms with van der Waals surface area (Å²) >= 11 is 1.93. The number of hydrogen-bond donors (Lipinski definition) is 0. The topological polar surface area (TPSA) is 41.6 Å². The Labute approximate surface area is 143 Å². The zero-order chi connectivity index (χ0) is 16.8. The summed E-state index contributed by atoms with van der Waals surface area (Å²) in [6, 6.07) is 8.28. The van der Waals surface area contributed by atoms with Gasteiger partial charge in [0.1, 0.15) is 8.07 Å². The number of aromatic nitrogens is 2. The van der Waals surface area contributed by atoms with Gasteiger partial charge < -0.3 is 0 Å². The molecule has 0 unspecified atom stereocenters. The van der Waals surface area contributed by atoms with E-state index in [-0.39, 0.29) is 0 Å². The van der Waals surface area contributed by atoms with Crippen molar-refractivity contribution in [3.63, 3.8) is 0 Å². The first kappa shape index (κ1) is 16.3. The molecular weight excluding hydrogens is 318 g/mol. The van der Waals surface area contributed by atoms with Crippen LogP contribution < -0.4 is 5.32 Å². The maximum atomic E-state index is 9.13. The minimum Gasteiger partial charge on any atom is -0.268 e. The lowest BCUT2D eigenvalue weighted by Gasteiger charge is -2.18. The van der Waals surface area contributed by atoms with E-state index in [2.05, 4.69) is 49.6 Å². The standard InChI is InChI=1S/C18H23N3SSi/c1-12-8-13(10-19)6-7-15(12)17-16-9-14(22-2)11-21(16)20-18(17)23(3,4)5/h6-8,14H,9,11H2,1-5H3/t14-/m1/s1. The molecule has 0 N–H and O–H groups in total. The molecule has 1 aromatic heterocycles. The SMILES string of the molecule is CS[C@@H]1Cc2c(-c3ccc(C#N)cc3C)c([Si](C)(C)C)nn2C1. The molecule has 0 saturated heterocycles. The van der Waals surface area contributed by atoms with E-state index in [4.69, 9.17) is 10.4 Å². The fourth-order valence-corrected chi connectivity index (χ4v) is 5.37. The first-order valence-electron chi connectivity index (χ1n) is 7.99. The zero-order valence-electron chi connectivity index (χ0n) is 14.5. The molecule has 0 bridgehead atoms. The van der Waals surface area contributed by atoms with Gasteiger partial charge in [-0.25, -0.2) is 0 Å². The predicted molar refractivity (Wildman–Crippen MR) is 101 cm³/mol. The molecule has 0 radical (unpaired) electrons. The Morgan fingerprint density at radius 3 is 2.65 bits per heavy atom. The van der Waals surface area contributed by atoms with Crippen LogP contribution in [0.3, 0.4) is 0 Å². The number of benzene rings is 1. The molecule has 0 amide bonds. The van der Waals surface area contributed by atoms with Crippen molar-refractivity contribution in [1.29, 1.82) is 5.26 Å². The highest BCUT2D eigenvalue weighted by Gasteiger charge is 2.33. The Morgan fingerprint density at radius 2 is 2.09 bits per heavy atom. The summed E-state index contributed by atoms with van der Waals surface area (Å²) in [7, 11) is -1.53. The van der Waals surface area contributed by atoms with Crippen molar-refractivity contribution >= 4 is 25.2 Å². The van der Waals surface area contributed by atoms with E-state index >= 15 is 0 Å². The molecule has 3 nitrogen and oxygen atoms in total. The molecular formula is C18H23N3SSi. The third-order valence-electron chi connectivity index (χ3n) is 4.52. The normalized spacial score (nSPS) is 17.1. The Bertz CT molecular complexity index is 796. The van der Waals surface area contributed by atoms with Crippen LogP contribution in [0.1, 0.15) is 16.8 Å². The zero-order valence-corrected chi connectivity index (χ0v) is 16.3. The maximum Gasteiger partial charge on any atom is 0.104 e. The molecule has 2 heterocycles. The van der Waals surface area contributed by atoms with Gasteiger partial charge in [0.25, 0.3) is 0 Å². The fraction of sp³-hybridized carbons (Fsp3) is 0.444. The molecule has 1 aromatic carbocycles. The van der Waals surface area contributed by atoms with Gasteiger partial charge in [0.05, 0.1) is 23.5 Å². The predicted octanol–water partition coefficient (Wildman–Crippen LogP) is 3.56. The van der Waals surface area contributed by atoms with Gasteiger partial charge in [0.2, 0.25) is 0 Å². The summed E-state index contributed by atoms with van der Waals surface area (Å²) < 4.78 is 2.24. The average Bonchev–Trinajstić information content (AvgIpc) is 3.04. The highest BCUT2D eigenvalue weighted by atomic mass is 32.2. The quantitative estimate of drug-likeness (QED) is 0.802. The summed E-state index contributed by atoms with van der Waals surface area (Å²) in [6.45, 7) is 10.2. The van der Waals surface area contributed by atoms with E-state index in [9.17, 15) is 0 Å². The van der Waals surface area contributed by atoms with Crippen molar-refractivity contribution < 1.29 is 0 Å². The minimum atomic E-state index is -1.53. The second-order valence-corrected chi connectivity index (χ2v) is 13.4. The van der Waals surface area contributed by atoms with Crippen LogP contribution >= 0.6 is 11.8 Å². The molecule has 3 rings (SSSR count). The third-order valence-corrected chi connectivity index (χ3v) is 7.28. The lowest BCUT2D eigenvalue weighted by molar-refractivity contribution is 0.670. The Balaban J connectivity index is 2.21. The monoisotopic (exact) mass is 341 g/mol. The van der Waals surface area contributed by atoms with Gasteiger partial charge in [0.15, 0.2) is 0 Å². The van der Waals surface area contributed by atoms with Crippen molar-refractivity contribution in [2.24, 2.45) is 0 Å². The molecule has 23 heavy (non-hydrogen) atoms. The van der Waals surface area contributed by atoms with Gasteiger partial charge in [-0.05, 0) is 36.4 Å². The first-order chi connectivity index (χ1) is 10.8. The molecule has 2 aromatic rings. The maximum absolute atomic E-state index is 9.13. The summed E-state index contributed by atoms with van der Waals surface area (Å²) in [4.78, 5) is 0. The lowest BCUT2D eigenvalue weighted by atomic mass is 9.98. The van der Waals surface area contributed by atoms with E-state index in [1.54, 1.807) is 0 Å². The number of fused-ring (bicyclic) bond motifs is 1. The van der Waals surface area contributed by atoms with E-state index in [0.29, 0.717) is 5.25 Å². The minimum absolute atomic E-state index is 0.630. The molecule has 1 aliphatic heterocycles. The van der Waals surface area contributed by atoms with Crippen LogP contribution in [0, 0.1) is 18.3 Å². The largest absolute Gasteiger partial charge is 0.268 e. The van der Waals surface area contributed by atoms with Gasteiger partial charge >= 0.3 is 0 Å². The van der Waals surface area contributed by atoms with Gasteiger partial charge in [-0.15, -0.1) is 0 Å².